The minimum absolute atomic E-state index is 0.0926. The number of aromatic nitrogens is 2. The van der Waals surface area contributed by atoms with Gasteiger partial charge in [0.25, 0.3) is 0 Å². The molecule has 2 heterocycles. The minimum atomic E-state index is -0.0926. The van der Waals surface area contributed by atoms with E-state index in [-0.39, 0.29) is 5.16 Å². The molecule has 0 saturated heterocycles. The summed E-state index contributed by atoms with van der Waals surface area (Å²) in [6.07, 6.45) is 1.70. The van der Waals surface area contributed by atoms with Gasteiger partial charge in [-0.3, -0.25) is 0 Å². The van der Waals surface area contributed by atoms with Crippen LogP contribution in [0.25, 0.3) is 0 Å². The highest BCUT2D eigenvalue weighted by molar-refractivity contribution is 7.48. The van der Waals surface area contributed by atoms with Crippen molar-refractivity contribution in [1.29, 1.82) is 0 Å². The summed E-state index contributed by atoms with van der Waals surface area (Å²) < 4.78 is 11.8. The molecule has 4 nitrogen and oxygen atoms in total. The summed E-state index contributed by atoms with van der Waals surface area (Å²) in [5, 5.41) is 1.22. The third-order valence-electron chi connectivity index (χ3n) is 4.48. The fraction of sp³-hybridized carbons (Fsp3) is 0.120. The molecule has 150 valence electrons. The Balaban J connectivity index is 1.50. The third kappa shape index (κ3) is 5.22. The molecule has 0 aliphatic carbocycles. The van der Waals surface area contributed by atoms with Gasteiger partial charge in [0, 0.05) is 29.6 Å². The minimum Gasteiger partial charge on any atom is -0.439 e. The number of hydrogen-bond acceptors (Lipinski definition) is 4. The van der Waals surface area contributed by atoms with Crippen molar-refractivity contribution in [2.45, 2.75) is 19.0 Å². The molecule has 0 fully saturated rings. The number of nitrogens with zero attached hydrogens (tertiary/aromatic N) is 2. The van der Waals surface area contributed by atoms with Crippen LogP contribution in [0.4, 0.5) is 0 Å². The van der Waals surface area contributed by atoms with Gasteiger partial charge in [0.2, 0.25) is 11.8 Å². The van der Waals surface area contributed by atoms with Crippen LogP contribution in [0.2, 0.25) is 0 Å². The maximum absolute atomic E-state index is 6.03. The number of benzene rings is 2. The van der Waals surface area contributed by atoms with Gasteiger partial charge in [-0.25, -0.2) is 9.97 Å². The van der Waals surface area contributed by atoms with Crippen LogP contribution in [0.15, 0.2) is 97.2 Å². The Morgan fingerprint density at radius 2 is 1.37 bits per heavy atom. The average Bonchev–Trinajstić information content (AvgIpc) is 2.75. The van der Waals surface area contributed by atoms with Gasteiger partial charge in [0.1, 0.15) is 11.5 Å². The summed E-state index contributed by atoms with van der Waals surface area (Å²) in [5.41, 5.74) is 1.00. The fourth-order valence-corrected chi connectivity index (χ4v) is 4.36. The van der Waals surface area contributed by atoms with Crippen molar-refractivity contribution in [2.24, 2.45) is 0 Å². The Morgan fingerprint density at radius 1 is 0.700 bits per heavy atom. The van der Waals surface area contributed by atoms with Crippen molar-refractivity contribution in [3.63, 3.8) is 0 Å². The molecule has 4 rings (SSSR count). The zero-order chi connectivity index (χ0) is 20.8. The Bertz CT molecular complexity index is 1100. The Kier molecular flexibility index (Phi) is 6.06. The Hall–Kier alpha value is -3.23. The van der Waals surface area contributed by atoms with Crippen LogP contribution in [-0.4, -0.2) is 9.97 Å². The fourth-order valence-electron chi connectivity index (χ4n) is 3.02. The van der Waals surface area contributed by atoms with Gasteiger partial charge in [-0.1, -0.05) is 71.0 Å². The first-order chi connectivity index (χ1) is 14.6. The normalized spacial score (nSPS) is 11.5. The van der Waals surface area contributed by atoms with Gasteiger partial charge < -0.3 is 9.47 Å². The van der Waals surface area contributed by atoms with E-state index >= 15 is 0 Å². The second kappa shape index (κ2) is 9.06. The summed E-state index contributed by atoms with van der Waals surface area (Å²) in [5.74, 6) is 2.43. The number of ether oxygens (including phenoxy) is 2. The lowest BCUT2D eigenvalue weighted by atomic mass is 10.1. The molecular formula is C25H23N2O2P. The van der Waals surface area contributed by atoms with Crippen molar-refractivity contribution in [3.05, 3.63) is 103 Å². The quantitative estimate of drug-likeness (QED) is 0.333. The second-order valence-corrected chi connectivity index (χ2v) is 9.40. The smallest absolute Gasteiger partial charge is 0.219 e. The van der Waals surface area contributed by atoms with E-state index < -0.39 is 0 Å². The molecule has 0 amide bonds. The van der Waals surface area contributed by atoms with Crippen molar-refractivity contribution >= 4 is 13.9 Å². The lowest BCUT2D eigenvalue weighted by Crippen LogP contribution is -2.16. The van der Waals surface area contributed by atoms with Crippen LogP contribution in [0.1, 0.15) is 19.5 Å². The van der Waals surface area contributed by atoms with Crippen LogP contribution in [-0.2, 0) is 5.16 Å². The van der Waals surface area contributed by atoms with E-state index in [0.717, 1.165) is 5.69 Å². The predicted molar refractivity (Wildman–Crippen MR) is 122 cm³/mol. The average molecular weight is 414 g/mol. The number of rotatable bonds is 7. The van der Waals surface area contributed by atoms with Crippen LogP contribution in [0.5, 0.6) is 23.3 Å². The van der Waals surface area contributed by atoms with Gasteiger partial charge in [-0.15, -0.1) is 0 Å². The van der Waals surface area contributed by atoms with Crippen molar-refractivity contribution in [1.82, 2.24) is 9.97 Å². The SMILES string of the molecule is CC(C)(Pc1ccccc1)c1cccc(Oc2cccc(Oc3ccccn3)c2)n1. The largest absolute Gasteiger partial charge is 0.439 e. The lowest BCUT2D eigenvalue weighted by Gasteiger charge is -2.24. The van der Waals surface area contributed by atoms with Crippen molar-refractivity contribution in [3.8, 4) is 23.3 Å². The molecule has 0 radical (unpaired) electrons. The topological polar surface area (TPSA) is 44.2 Å². The standard InChI is InChI=1S/C25H23N2O2P/c1-25(2,30-21-12-4-3-5-13-21)22-14-9-16-24(27-22)29-20-11-8-10-19(18-20)28-23-15-6-7-17-26-23/h3-18,30H,1-2H3. The summed E-state index contributed by atoms with van der Waals surface area (Å²) in [4.78, 5) is 8.97. The van der Waals surface area contributed by atoms with Crippen LogP contribution < -0.4 is 14.8 Å². The van der Waals surface area contributed by atoms with Gasteiger partial charge in [-0.2, -0.15) is 0 Å². The first-order valence-electron chi connectivity index (χ1n) is 9.76. The summed E-state index contributed by atoms with van der Waals surface area (Å²) in [6, 6.07) is 29.5. The van der Waals surface area contributed by atoms with E-state index in [1.54, 1.807) is 6.20 Å². The van der Waals surface area contributed by atoms with Crippen LogP contribution in [0, 0.1) is 0 Å². The van der Waals surface area contributed by atoms with E-state index in [0.29, 0.717) is 31.8 Å². The highest BCUT2D eigenvalue weighted by Gasteiger charge is 2.23. The molecule has 2 aromatic heterocycles. The molecule has 0 saturated carbocycles. The monoisotopic (exact) mass is 414 g/mol. The molecular weight excluding hydrogens is 391 g/mol. The Labute approximate surface area is 178 Å². The van der Waals surface area contributed by atoms with Crippen LogP contribution in [0.3, 0.4) is 0 Å². The maximum atomic E-state index is 6.03. The second-order valence-electron chi connectivity index (χ2n) is 7.32. The predicted octanol–water partition coefficient (Wildman–Crippen LogP) is 6.30. The molecule has 2 aromatic carbocycles. The first kappa shape index (κ1) is 20.1. The highest BCUT2D eigenvalue weighted by atomic mass is 31.1. The summed E-state index contributed by atoms with van der Waals surface area (Å²) in [7, 11) is 0.610. The third-order valence-corrected chi connectivity index (χ3v) is 5.99. The van der Waals surface area contributed by atoms with Gasteiger partial charge in [-0.05, 0) is 29.6 Å². The zero-order valence-corrected chi connectivity index (χ0v) is 17.9. The summed E-state index contributed by atoms with van der Waals surface area (Å²) >= 11 is 0. The van der Waals surface area contributed by atoms with Crippen molar-refractivity contribution < 1.29 is 9.47 Å². The Morgan fingerprint density at radius 3 is 2.10 bits per heavy atom. The molecule has 0 bridgehead atoms. The van der Waals surface area contributed by atoms with Gasteiger partial charge in [0.05, 0.1) is 5.69 Å². The molecule has 1 unspecified atom stereocenters. The summed E-state index contributed by atoms with van der Waals surface area (Å²) in [6.45, 7) is 4.43. The van der Waals surface area contributed by atoms with Crippen molar-refractivity contribution in [2.75, 3.05) is 0 Å². The van der Waals surface area contributed by atoms with Crippen LogP contribution >= 0.6 is 8.58 Å². The molecule has 5 heteroatoms. The molecule has 1 atom stereocenters. The number of pyridine rings is 2. The maximum Gasteiger partial charge on any atom is 0.219 e. The highest BCUT2D eigenvalue weighted by Crippen LogP contribution is 2.40. The van der Waals surface area contributed by atoms with E-state index in [4.69, 9.17) is 14.5 Å². The van der Waals surface area contributed by atoms with E-state index in [2.05, 4.69) is 49.2 Å². The lowest BCUT2D eigenvalue weighted by molar-refractivity contribution is 0.440. The van der Waals surface area contributed by atoms with E-state index in [1.165, 1.54) is 5.30 Å². The number of hydrogen-bond donors (Lipinski definition) is 0. The molecule has 0 aliphatic rings. The first-order valence-corrected chi connectivity index (χ1v) is 10.8. The molecule has 4 aromatic rings. The zero-order valence-electron chi connectivity index (χ0n) is 16.9. The van der Waals surface area contributed by atoms with Gasteiger partial charge in [0.15, 0.2) is 0 Å². The molecule has 0 spiro atoms. The van der Waals surface area contributed by atoms with Gasteiger partial charge >= 0.3 is 0 Å². The molecule has 0 aliphatic heterocycles. The van der Waals surface area contributed by atoms with E-state index in [9.17, 15) is 0 Å². The van der Waals surface area contributed by atoms with E-state index in [1.807, 2.05) is 60.7 Å². The molecule has 0 N–H and O–H groups in total. The molecule has 30 heavy (non-hydrogen) atoms.